The minimum absolute atomic E-state index is 0.292. The van der Waals surface area contributed by atoms with E-state index in [2.05, 4.69) is 15.5 Å². The van der Waals surface area contributed by atoms with Crippen molar-refractivity contribution >= 4 is 0 Å². The minimum atomic E-state index is -0.292. The third-order valence-corrected chi connectivity index (χ3v) is 3.47. The number of aromatic amines is 1. The lowest BCUT2D eigenvalue weighted by atomic mass is 10.1. The number of ether oxygens (including phenoxy) is 1. The maximum absolute atomic E-state index is 13.4. The van der Waals surface area contributed by atoms with Crippen LogP contribution in [0.15, 0.2) is 24.3 Å². The van der Waals surface area contributed by atoms with Gasteiger partial charge < -0.3 is 10.1 Å². The summed E-state index contributed by atoms with van der Waals surface area (Å²) in [4.78, 5) is 0. The molecule has 4 nitrogen and oxygen atoms in total. The number of rotatable bonds is 3. The maximum Gasteiger partial charge on any atom is 0.128 e. The van der Waals surface area contributed by atoms with Gasteiger partial charge in [0.2, 0.25) is 0 Å². The van der Waals surface area contributed by atoms with Gasteiger partial charge in [-0.05, 0) is 43.7 Å². The summed E-state index contributed by atoms with van der Waals surface area (Å²) in [5.41, 5.74) is 2.42. The molecule has 1 aromatic heterocycles. The molecule has 1 aromatic carbocycles. The fourth-order valence-corrected chi connectivity index (χ4v) is 2.48. The molecule has 1 saturated heterocycles. The summed E-state index contributed by atoms with van der Waals surface area (Å²) in [6.45, 7) is 1.03. The third-order valence-electron chi connectivity index (χ3n) is 3.47. The molecule has 1 aliphatic rings. The van der Waals surface area contributed by atoms with E-state index in [0.29, 0.717) is 23.0 Å². The van der Waals surface area contributed by atoms with Crippen molar-refractivity contribution in [3.8, 4) is 17.0 Å². The van der Waals surface area contributed by atoms with Crippen LogP contribution in [-0.4, -0.2) is 23.9 Å². The quantitative estimate of drug-likeness (QED) is 0.893. The molecule has 1 atom stereocenters. The molecule has 19 heavy (non-hydrogen) atoms. The van der Waals surface area contributed by atoms with Crippen LogP contribution in [0.4, 0.5) is 4.39 Å². The molecule has 5 heteroatoms. The molecule has 0 aliphatic carbocycles. The lowest BCUT2D eigenvalue weighted by molar-refractivity contribution is 0.415. The van der Waals surface area contributed by atoms with Gasteiger partial charge in [0.1, 0.15) is 11.6 Å². The number of nitrogens with zero attached hydrogens (tertiary/aromatic N) is 1. The van der Waals surface area contributed by atoms with Crippen LogP contribution < -0.4 is 10.1 Å². The van der Waals surface area contributed by atoms with Crippen molar-refractivity contribution in [2.75, 3.05) is 13.7 Å². The smallest absolute Gasteiger partial charge is 0.128 e. The molecule has 2 aromatic rings. The van der Waals surface area contributed by atoms with E-state index in [0.717, 1.165) is 18.7 Å². The van der Waals surface area contributed by atoms with E-state index >= 15 is 0 Å². The Hall–Kier alpha value is -1.88. The van der Waals surface area contributed by atoms with Gasteiger partial charge in [-0.25, -0.2) is 4.39 Å². The van der Waals surface area contributed by atoms with E-state index in [-0.39, 0.29) is 5.82 Å². The van der Waals surface area contributed by atoms with Crippen molar-refractivity contribution in [2.45, 2.75) is 18.9 Å². The number of nitrogens with one attached hydrogen (secondary N) is 2. The highest BCUT2D eigenvalue weighted by Crippen LogP contribution is 2.31. The lowest BCUT2D eigenvalue weighted by Gasteiger charge is -2.06. The summed E-state index contributed by atoms with van der Waals surface area (Å²) >= 11 is 0. The van der Waals surface area contributed by atoms with Crippen molar-refractivity contribution in [1.29, 1.82) is 0 Å². The zero-order chi connectivity index (χ0) is 13.2. The summed E-state index contributed by atoms with van der Waals surface area (Å²) in [6.07, 6.45) is 2.27. The Balaban J connectivity index is 1.95. The summed E-state index contributed by atoms with van der Waals surface area (Å²) in [7, 11) is 1.57. The monoisotopic (exact) mass is 261 g/mol. The highest BCUT2D eigenvalue weighted by atomic mass is 19.1. The average molecular weight is 261 g/mol. The molecule has 100 valence electrons. The summed E-state index contributed by atoms with van der Waals surface area (Å²) in [5.74, 6) is 0.332. The van der Waals surface area contributed by atoms with Crippen molar-refractivity contribution < 1.29 is 9.13 Å². The Morgan fingerprint density at radius 2 is 2.26 bits per heavy atom. The Kier molecular flexibility index (Phi) is 3.21. The second kappa shape index (κ2) is 5.01. The van der Waals surface area contributed by atoms with E-state index in [4.69, 9.17) is 4.74 Å². The fourth-order valence-electron chi connectivity index (χ4n) is 2.48. The van der Waals surface area contributed by atoms with Gasteiger partial charge in [0, 0.05) is 11.6 Å². The van der Waals surface area contributed by atoms with Gasteiger partial charge in [0.05, 0.1) is 18.5 Å². The summed E-state index contributed by atoms with van der Waals surface area (Å²) in [6, 6.07) is 6.73. The van der Waals surface area contributed by atoms with Gasteiger partial charge in [-0.1, -0.05) is 0 Å². The average Bonchev–Trinajstić information content (AvgIpc) is 3.09. The molecule has 0 amide bonds. The molecule has 1 unspecified atom stereocenters. The predicted octanol–water partition coefficient (Wildman–Crippen LogP) is 2.65. The first-order chi connectivity index (χ1) is 9.28. The fraction of sp³-hybridized carbons (Fsp3) is 0.357. The summed E-state index contributed by atoms with van der Waals surface area (Å²) < 4.78 is 18.6. The van der Waals surface area contributed by atoms with Gasteiger partial charge in [-0.3, -0.25) is 5.10 Å². The Labute approximate surface area is 111 Å². The van der Waals surface area contributed by atoms with E-state index in [1.807, 2.05) is 6.07 Å². The van der Waals surface area contributed by atoms with Crippen LogP contribution in [0.2, 0.25) is 0 Å². The second-order valence-electron chi connectivity index (χ2n) is 4.70. The lowest BCUT2D eigenvalue weighted by Crippen LogP contribution is -2.12. The normalized spacial score (nSPS) is 18.7. The molecule has 3 rings (SSSR count). The molecule has 1 fully saturated rings. The van der Waals surface area contributed by atoms with Gasteiger partial charge in [0.15, 0.2) is 0 Å². The number of halogens is 1. The molecule has 0 bridgehead atoms. The van der Waals surface area contributed by atoms with Gasteiger partial charge in [-0.2, -0.15) is 5.10 Å². The van der Waals surface area contributed by atoms with Crippen molar-refractivity contribution in [3.63, 3.8) is 0 Å². The van der Waals surface area contributed by atoms with Crippen molar-refractivity contribution in [3.05, 3.63) is 35.8 Å². The molecular weight excluding hydrogens is 245 g/mol. The zero-order valence-corrected chi connectivity index (χ0v) is 10.7. The van der Waals surface area contributed by atoms with Gasteiger partial charge >= 0.3 is 0 Å². The highest BCUT2D eigenvalue weighted by molar-refractivity contribution is 5.67. The summed E-state index contributed by atoms with van der Waals surface area (Å²) in [5, 5.41) is 10.7. The van der Waals surface area contributed by atoms with Crippen molar-refractivity contribution in [2.24, 2.45) is 0 Å². The molecule has 2 N–H and O–H groups in total. The number of H-pyrrole nitrogens is 1. The number of benzene rings is 1. The topological polar surface area (TPSA) is 49.9 Å². The second-order valence-corrected chi connectivity index (χ2v) is 4.70. The molecular formula is C14H16FN3O. The standard InChI is InChI=1S/C14H16FN3O/c1-19-14-5-4-9(15)7-10(14)12-8-13(18-17-12)11-3-2-6-16-11/h4-5,7-8,11,16H,2-3,6H2,1H3,(H,17,18). The zero-order valence-electron chi connectivity index (χ0n) is 10.7. The van der Waals surface area contributed by atoms with Gasteiger partial charge in [-0.15, -0.1) is 0 Å². The molecule has 0 spiro atoms. The number of methoxy groups -OCH3 is 1. The minimum Gasteiger partial charge on any atom is -0.496 e. The number of aromatic nitrogens is 2. The van der Waals surface area contributed by atoms with Crippen molar-refractivity contribution in [1.82, 2.24) is 15.5 Å². The Bertz CT molecular complexity index is 576. The largest absolute Gasteiger partial charge is 0.496 e. The molecule has 2 heterocycles. The van der Waals surface area contributed by atoms with Crippen LogP contribution >= 0.6 is 0 Å². The number of hydrogen-bond acceptors (Lipinski definition) is 3. The molecule has 0 radical (unpaired) electrons. The van der Waals surface area contributed by atoms with E-state index in [1.165, 1.54) is 18.6 Å². The first kappa shape index (κ1) is 12.2. The van der Waals surface area contributed by atoms with Crippen LogP contribution in [0.1, 0.15) is 24.6 Å². The van der Waals surface area contributed by atoms with Crippen LogP contribution in [0.25, 0.3) is 11.3 Å². The molecule has 0 saturated carbocycles. The van der Waals surface area contributed by atoms with Crippen LogP contribution in [0.5, 0.6) is 5.75 Å². The van der Waals surface area contributed by atoms with E-state index in [9.17, 15) is 4.39 Å². The Morgan fingerprint density at radius 1 is 1.37 bits per heavy atom. The first-order valence-corrected chi connectivity index (χ1v) is 6.40. The molecule has 1 aliphatic heterocycles. The highest BCUT2D eigenvalue weighted by Gasteiger charge is 2.19. The van der Waals surface area contributed by atoms with Gasteiger partial charge in [0.25, 0.3) is 0 Å². The Morgan fingerprint density at radius 3 is 3.00 bits per heavy atom. The third kappa shape index (κ3) is 2.33. The van der Waals surface area contributed by atoms with Crippen LogP contribution in [0.3, 0.4) is 0 Å². The number of hydrogen-bond donors (Lipinski definition) is 2. The predicted molar refractivity (Wildman–Crippen MR) is 70.5 cm³/mol. The van der Waals surface area contributed by atoms with Crippen LogP contribution in [0, 0.1) is 5.82 Å². The van der Waals surface area contributed by atoms with E-state index in [1.54, 1.807) is 13.2 Å². The maximum atomic E-state index is 13.4. The first-order valence-electron chi connectivity index (χ1n) is 6.40. The van der Waals surface area contributed by atoms with Crippen LogP contribution in [-0.2, 0) is 0 Å². The van der Waals surface area contributed by atoms with E-state index < -0.39 is 0 Å². The SMILES string of the molecule is COc1ccc(F)cc1-c1cc(C2CCCN2)[nH]n1.